The molecule has 0 fully saturated rings. The van der Waals surface area contributed by atoms with Gasteiger partial charge in [-0.2, -0.15) is 0 Å². The first-order valence-corrected chi connectivity index (χ1v) is 7.83. The van der Waals surface area contributed by atoms with Gasteiger partial charge in [-0.05, 0) is 26.5 Å². The fraction of sp³-hybridized carbons (Fsp3) is 0.769. The lowest BCUT2D eigenvalue weighted by atomic mass is 9.88. The number of allylic oxidation sites excluding steroid dienone is 1. The Kier molecular flexibility index (Phi) is 11.9. The van der Waals surface area contributed by atoms with Gasteiger partial charge >= 0.3 is 14.1 Å². The van der Waals surface area contributed by atoms with Crippen LogP contribution in [0.1, 0.15) is 32.6 Å². The molecule has 22 heavy (non-hydrogen) atoms. The van der Waals surface area contributed by atoms with Crippen LogP contribution < -0.4 is 10.5 Å². The molecule has 7 nitrogen and oxygen atoms in total. The lowest BCUT2D eigenvalue weighted by molar-refractivity contribution is 0.133. The number of aliphatic hydroxyl groups is 2. The highest BCUT2D eigenvalue weighted by atomic mass is 16.3. The molecule has 6 N–H and O–H groups in total. The van der Waals surface area contributed by atoms with Crippen LogP contribution in [-0.2, 0) is 0 Å². The molecule has 9 heteroatoms. The highest BCUT2D eigenvalue weighted by Crippen LogP contribution is 2.02. The monoisotopic (exact) mass is 313 g/mol. The molecule has 0 amide bonds. The lowest BCUT2D eigenvalue weighted by Gasteiger charge is -2.23. The van der Waals surface area contributed by atoms with E-state index in [-0.39, 0.29) is 12.6 Å². The van der Waals surface area contributed by atoms with E-state index in [0.717, 1.165) is 25.7 Å². The third-order valence-corrected chi connectivity index (χ3v) is 2.90. The van der Waals surface area contributed by atoms with E-state index in [1.807, 2.05) is 6.08 Å². The van der Waals surface area contributed by atoms with E-state index < -0.39 is 26.2 Å². The number of unbranched alkanes of at least 4 members (excludes halogenated alkanes) is 3. The maximum atomic E-state index is 10.1. The average Bonchev–Trinajstić information content (AvgIpc) is 2.42. The first-order valence-electron chi connectivity index (χ1n) is 7.83. The second-order valence-electron chi connectivity index (χ2n) is 5.28. The summed E-state index contributed by atoms with van der Waals surface area (Å²) in [4.78, 5) is 3.85. The zero-order chi connectivity index (χ0) is 17.0. The van der Waals surface area contributed by atoms with E-state index in [2.05, 4.69) is 22.4 Å². The van der Waals surface area contributed by atoms with Gasteiger partial charge in [-0.3, -0.25) is 4.90 Å². The summed E-state index contributed by atoms with van der Waals surface area (Å²) in [7, 11) is -1.86. The number of guanidine groups is 1. The van der Waals surface area contributed by atoms with Crippen molar-refractivity contribution in [1.82, 2.24) is 10.5 Å². The van der Waals surface area contributed by atoms with Crippen LogP contribution in [0.25, 0.3) is 0 Å². The Morgan fingerprint density at radius 3 is 2.45 bits per heavy atom. The Hall–Kier alpha value is -1.02. The molecule has 0 aromatic heterocycles. The van der Waals surface area contributed by atoms with Gasteiger partial charge < -0.3 is 30.8 Å². The summed E-state index contributed by atoms with van der Waals surface area (Å²) in [5.41, 5.74) is 0. The van der Waals surface area contributed by atoms with Gasteiger partial charge in [0.15, 0.2) is 5.96 Å². The van der Waals surface area contributed by atoms with Gasteiger partial charge in [-0.15, -0.1) is 0 Å². The van der Waals surface area contributed by atoms with Crippen LogP contribution in [0.5, 0.6) is 0 Å². The molecule has 0 aromatic rings. The van der Waals surface area contributed by atoms with Gasteiger partial charge in [0.1, 0.15) is 0 Å². The van der Waals surface area contributed by atoms with Gasteiger partial charge in [-0.25, -0.2) is 0 Å². The van der Waals surface area contributed by atoms with Crippen LogP contribution in [0.3, 0.4) is 0 Å². The van der Waals surface area contributed by atoms with Crippen molar-refractivity contribution < 1.29 is 20.3 Å². The summed E-state index contributed by atoms with van der Waals surface area (Å²) in [6.07, 6.45) is 6.84. The standard InChI is InChI=1S/C13H29B2N3O4/c1-4-5-6-7-8-9-12(20)11(10-19)16-13(17-14(2)21)18-15(3)22/h8-9,11-12,19-22H,4-7,10H2,1-3H3,(H2,16,17,18). The largest absolute Gasteiger partial charge is 0.433 e. The Morgan fingerprint density at radius 1 is 1.27 bits per heavy atom. The number of hydrogen-bond donors (Lipinski definition) is 6. The molecule has 0 saturated heterocycles. The van der Waals surface area contributed by atoms with Gasteiger partial charge in [-0.1, -0.05) is 31.9 Å². The Labute approximate surface area is 133 Å². The molecule has 0 heterocycles. The molecule has 0 aliphatic heterocycles. The van der Waals surface area contributed by atoms with Crippen LogP contribution in [0.15, 0.2) is 17.1 Å². The van der Waals surface area contributed by atoms with Crippen LogP contribution in [0.4, 0.5) is 0 Å². The second-order valence-corrected chi connectivity index (χ2v) is 5.28. The fourth-order valence-electron chi connectivity index (χ4n) is 1.80. The predicted octanol–water partition coefficient (Wildman–Crippen LogP) is -0.400. The van der Waals surface area contributed by atoms with Crippen molar-refractivity contribution in [2.24, 2.45) is 4.90 Å². The summed E-state index contributed by atoms with van der Waals surface area (Å²) < 4.78 is 0. The normalized spacial score (nSPS) is 14.8. The summed E-state index contributed by atoms with van der Waals surface area (Å²) in [6.45, 7) is 4.77. The van der Waals surface area contributed by atoms with Crippen molar-refractivity contribution in [3.05, 3.63) is 12.2 Å². The SMILES string of the molecule is CCCCCC=CC(O)C(CO)NC(=NB(C)O)NB(C)O. The van der Waals surface area contributed by atoms with Gasteiger partial charge in [0.2, 0.25) is 0 Å². The van der Waals surface area contributed by atoms with Crippen molar-refractivity contribution in [3.8, 4) is 0 Å². The smallest absolute Gasteiger partial charge is 0.431 e. The van der Waals surface area contributed by atoms with E-state index >= 15 is 0 Å². The first kappa shape index (κ1) is 21.0. The molecule has 0 bridgehead atoms. The zero-order valence-electron chi connectivity index (χ0n) is 13.7. The van der Waals surface area contributed by atoms with E-state index in [9.17, 15) is 20.3 Å². The third-order valence-electron chi connectivity index (χ3n) is 2.90. The van der Waals surface area contributed by atoms with Gasteiger partial charge in [0, 0.05) is 0 Å². The molecule has 0 spiro atoms. The molecule has 0 rings (SSSR count). The molecular weight excluding hydrogens is 284 g/mol. The zero-order valence-corrected chi connectivity index (χ0v) is 13.7. The van der Waals surface area contributed by atoms with Gasteiger partial charge in [0.05, 0.1) is 18.8 Å². The molecule has 0 aromatic carbocycles. The molecule has 2 unspecified atom stereocenters. The summed E-state index contributed by atoms with van der Waals surface area (Å²) >= 11 is 0. The number of aliphatic hydroxyl groups excluding tert-OH is 2. The molecule has 2 atom stereocenters. The Bertz CT molecular complexity index is 341. The number of rotatable bonds is 10. The van der Waals surface area contributed by atoms with E-state index in [4.69, 9.17) is 0 Å². The van der Waals surface area contributed by atoms with Crippen molar-refractivity contribution in [2.75, 3.05) is 6.61 Å². The highest BCUT2D eigenvalue weighted by molar-refractivity contribution is 6.52. The van der Waals surface area contributed by atoms with Crippen LogP contribution in [0.2, 0.25) is 13.6 Å². The van der Waals surface area contributed by atoms with Crippen molar-refractivity contribution in [3.63, 3.8) is 0 Å². The summed E-state index contributed by atoms with van der Waals surface area (Å²) in [5.74, 6) is 0.113. The van der Waals surface area contributed by atoms with Crippen LogP contribution >= 0.6 is 0 Å². The minimum atomic E-state index is -0.977. The third kappa shape index (κ3) is 10.7. The van der Waals surface area contributed by atoms with E-state index in [1.165, 1.54) is 13.6 Å². The van der Waals surface area contributed by atoms with Crippen LogP contribution in [-0.4, -0.2) is 59.1 Å². The minimum absolute atomic E-state index is 0.113. The van der Waals surface area contributed by atoms with Crippen LogP contribution in [0, 0.1) is 0 Å². The number of hydrogen-bond acceptors (Lipinski definition) is 5. The summed E-state index contributed by atoms with van der Waals surface area (Å²) in [6, 6.07) is -0.689. The Balaban J connectivity index is 4.57. The maximum Gasteiger partial charge on any atom is 0.431 e. The molecular formula is C13H29B2N3O4. The molecule has 0 radical (unpaired) electrons. The molecule has 0 saturated carbocycles. The maximum absolute atomic E-state index is 10.1. The molecule has 126 valence electrons. The molecule has 0 aliphatic rings. The number of nitrogens with zero attached hydrogens (tertiary/aromatic N) is 1. The molecule has 0 aliphatic carbocycles. The van der Waals surface area contributed by atoms with Crippen molar-refractivity contribution in [1.29, 1.82) is 0 Å². The predicted molar refractivity (Wildman–Crippen MR) is 91.5 cm³/mol. The lowest BCUT2D eigenvalue weighted by Crippen LogP contribution is -2.53. The van der Waals surface area contributed by atoms with Crippen molar-refractivity contribution >= 4 is 20.1 Å². The first-order chi connectivity index (χ1) is 10.4. The average molecular weight is 313 g/mol. The highest BCUT2D eigenvalue weighted by Gasteiger charge is 2.19. The number of nitrogens with one attached hydrogen (secondary N) is 2. The second kappa shape index (κ2) is 12.5. The topological polar surface area (TPSA) is 117 Å². The fourth-order valence-corrected chi connectivity index (χ4v) is 1.80. The summed E-state index contributed by atoms with van der Waals surface area (Å²) in [5, 5.41) is 43.5. The van der Waals surface area contributed by atoms with E-state index in [0.29, 0.717) is 0 Å². The minimum Gasteiger partial charge on any atom is -0.433 e. The van der Waals surface area contributed by atoms with Gasteiger partial charge in [0.25, 0.3) is 0 Å². The Morgan fingerprint density at radius 2 is 1.95 bits per heavy atom. The van der Waals surface area contributed by atoms with Crippen molar-refractivity contribution in [2.45, 2.75) is 58.4 Å². The van der Waals surface area contributed by atoms with E-state index in [1.54, 1.807) is 6.08 Å². The quantitative estimate of drug-likeness (QED) is 0.107.